The Morgan fingerprint density at radius 3 is 2.28 bits per heavy atom. The average molecular weight is 354 g/mol. The second-order valence-electron chi connectivity index (χ2n) is 7.53. The molecule has 3 heteroatoms. The summed E-state index contributed by atoms with van der Waals surface area (Å²) >= 11 is 1.75. The van der Waals surface area contributed by atoms with Crippen LogP contribution in [0.5, 0.6) is 0 Å². The minimum absolute atomic E-state index is 0.239. The molecule has 3 rings (SSSR count). The van der Waals surface area contributed by atoms with E-state index in [1.807, 2.05) is 0 Å². The summed E-state index contributed by atoms with van der Waals surface area (Å²) in [5, 5.41) is 0.927. The van der Waals surface area contributed by atoms with Crippen molar-refractivity contribution in [3.8, 4) is 0 Å². The Bertz CT molecular complexity index is 974. The van der Waals surface area contributed by atoms with Crippen molar-refractivity contribution in [2.45, 2.75) is 54.5 Å². The number of rotatable bonds is 4. The van der Waals surface area contributed by atoms with Crippen molar-refractivity contribution in [1.82, 2.24) is 4.57 Å². The number of pyridine rings is 1. The predicted molar refractivity (Wildman–Crippen MR) is 109 cm³/mol. The molecule has 0 N–H and O–H groups in total. The highest BCUT2D eigenvalue weighted by Crippen LogP contribution is 2.31. The molecule has 1 aromatic carbocycles. The quantitative estimate of drug-likeness (QED) is 0.603. The molecule has 2 aromatic heterocycles. The Kier molecular flexibility index (Phi) is 4.88. The van der Waals surface area contributed by atoms with Gasteiger partial charge in [-0.3, -0.25) is 4.79 Å². The summed E-state index contributed by atoms with van der Waals surface area (Å²) in [6, 6.07) is 8.69. The number of fused-ring (bicyclic) bond motifs is 1. The zero-order valence-corrected chi connectivity index (χ0v) is 16.9. The monoisotopic (exact) mass is 353 g/mol. The van der Waals surface area contributed by atoms with Gasteiger partial charge >= 0.3 is 0 Å². The van der Waals surface area contributed by atoms with Gasteiger partial charge in [0.2, 0.25) is 0 Å². The van der Waals surface area contributed by atoms with Crippen LogP contribution in [0.2, 0.25) is 0 Å². The van der Waals surface area contributed by atoms with Crippen LogP contribution in [0.25, 0.3) is 10.2 Å². The highest BCUT2D eigenvalue weighted by molar-refractivity contribution is 7.18. The molecule has 0 unspecified atom stereocenters. The van der Waals surface area contributed by atoms with Crippen LogP contribution in [0.4, 0.5) is 0 Å². The molecule has 0 aliphatic heterocycles. The summed E-state index contributed by atoms with van der Waals surface area (Å²) < 4.78 is 2.35. The summed E-state index contributed by atoms with van der Waals surface area (Å²) in [6.07, 6.45) is 0.836. The third kappa shape index (κ3) is 3.30. The van der Waals surface area contributed by atoms with Gasteiger partial charge in [0, 0.05) is 22.7 Å². The number of aryl methyl sites for hydroxylation is 3. The van der Waals surface area contributed by atoms with Crippen molar-refractivity contribution < 1.29 is 0 Å². The molecular weight excluding hydrogens is 326 g/mol. The highest BCUT2D eigenvalue weighted by atomic mass is 32.1. The van der Waals surface area contributed by atoms with E-state index in [1.54, 1.807) is 11.3 Å². The molecule has 2 nitrogen and oxygen atoms in total. The van der Waals surface area contributed by atoms with E-state index in [0.29, 0.717) is 5.92 Å². The number of nitrogens with zero attached hydrogens (tertiary/aromatic N) is 1. The third-order valence-corrected chi connectivity index (χ3v) is 6.26. The van der Waals surface area contributed by atoms with Gasteiger partial charge in [-0.05, 0) is 51.2 Å². The molecule has 132 valence electrons. The highest BCUT2D eigenvalue weighted by Gasteiger charge is 2.19. The van der Waals surface area contributed by atoms with Gasteiger partial charge in [0.25, 0.3) is 0 Å². The van der Waals surface area contributed by atoms with Crippen LogP contribution in [-0.4, -0.2) is 4.57 Å². The molecule has 0 saturated carbocycles. The van der Waals surface area contributed by atoms with Crippen molar-refractivity contribution in [1.29, 1.82) is 0 Å². The molecule has 0 aliphatic rings. The van der Waals surface area contributed by atoms with Crippen molar-refractivity contribution in [3.63, 3.8) is 0 Å². The van der Waals surface area contributed by atoms with Gasteiger partial charge in [0.15, 0.2) is 5.43 Å². The van der Waals surface area contributed by atoms with Gasteiger partial charge in [-0.2, -0.15) is 0 Å². The largest absolute Gasteiger partial charge is 0.332 e. The van der Waals surface area contributed by atoms with E-state index < -0.39 is 0 Å². The molecule has 0 fully saturated rings. The van der Waals surface area contributed by atoms with Crippen LogP contribution in [0.1, 0.15) is 46.7 Å². The fourth-order valence-corrected chi connectivity index (χ4v) is 4.62. The Labute approximate surface area is 154 Å². The first kappa shape index (κ1) is 17.9. The number of benzene rings is 1. The SMILES string of the molecule is Cc1ccc(Cn2c(C)c(CC(C)C)c(=O)c3c(C)c(C)sc32)cc1. The summed E-state index contributed by atoms with van der Waals surface area (Å²) in [4.78, 5) is 15.5. The smallest absolute Gasteiger partial charge is 0.194 e. The number of thiophene rings is 1. The maximum Gasteiger partial charge on any atom is 0.194 e. The molecule has 0 spiro atoms. The lowest BCUT2D eigenvalue weighted by Gasteiger charge is -2.18. The minimum Gasteiger partial charge on any atom is -0.332 e. The Balaban J connectivity index is 2.26. The van der Waals surface area contributed by atoms with Gasteiger partial charge in [-0.25, -0.2) is 0 Å². The lowest BCUT2D eigenvalue weighted by molar-refractivity contribution is 0.633. The molecule has 0 atom stereocenters. The number of hydrogen-bond acceptors (Lipinski definition) is 2. The first-order chi connectivity index (χ1) is 11.8. The van der Waals surface area contributed by atoms with Crippen LogP contribution in [0, 0.1) is 33.6 Å². The summed E-state index contributed by atoms with van der Waals surface area (Å²) in [7, 11) is 0. The lowest BCUT2D eigenvalue weighted by atomic mass is 9.99. The molecule has 0 aliphatic carbocycles. The van der Waals surface area contributed by atoms with Crippen LogP contribution in [0.3, 0.4) is 0 Å². The molecule has 25 heavy (non-hydrogen) atoms. The lowest BCUT2D eigenvalue weighted by Crippen LogP contribution is -2.20. The summed E-state index contributed by atoms with van der Waals surface area (Å²) in [6.45, 7) is 13.6. The topological polar surface area (TPSA) is 22.0 Å². The van der Waals surface area contributed by atoms with E-state index in [-0.39, 0.29) is 5.43 Å². The fraction of sp³-hybridized carbons (Fsp3) is 0.409. The second kappa shape index (κ2) is 6.80. The van der Waals surface area contributed by atoms with E-state index in [1.165, 1.54) is 16.0 Å². The molecule has 2 heterocycles. The van der Waals surface area contributed by atoms with E-state index >= 15 is 0 Å². The normalized spacial score (nSPS) is 11.6. The molecule has 3 aromatic rings. The van der Waals surface area contributed by atoms with E-state index in [0.717, 1.165) is 40.0 Å². The Morgan fingerprint density at radius 1 is 1.04 bits per heavy atom. The third-order valence-electron chi connectivity index (χ3n) is 5.03. The zero-order chi connectivity index (χ0) is 18.3. The van der Waals surface area contributed by atoms with E-state index in [9.17, 15) is 4.79 Å². The summed E-state index contributed by atoms with van der Waals surface area (Å²) in [5.74, 6) is 0.469. The first-order valence-corrected chi connectivity index (χ1v) is 9.78. The van der Waals surface area contributed by atoms with Gasteiger partial charge < -0.3 is 4.57 Å². The minimum atomic E-state index is 0.239. The first-order valence-electron chi connectivity index (χ1n) is 8.97. The molecular formula is C22H27NOS. The van der Waals surface area contributed by atoms with Crippen molar-refractivity contribution >= 4 is 21.6 Å². The second-order valence-corrected chi connectivity index (χ2v) is 8.73. The Morgan fingerprint density at radius 2 is 1.68 bits per heavy atom. The van der Waals surface area contributed by atoms with E-state index in [4.69, 9.17) is 0 Å². The van der Waals surface area contributed by atoms with Crippen LogP contribution >= 0.6 is 11.3 Å². The van der Waals surface area contributed by atoms with Crippen LogP contribution in [0.15, 0.2) is 29.1 Å². The Hall–Kier alpha value is -1.87. The fourth-order valence-electron chi connectivity index (χ4n) is 3.41. The standard InChI is InChI=1S/C22H27NOS/c1-13(2)11-19-16(5)23(12-18-9-7-14(3)8-10-18)22-20(21(19)24)15(4)17(6)25-22/h7-10,13H,11-12H2,1-6H3. The van der Waals surface area contributed by atoms with Crippen molar-refractivity contribution in [2.75, 3.05) is 0 Å². The van der Waals surface area contributed by atoms with Crippen molar-refractivity contribution in [2.24, 2.45) is 5.92 Å². The molecule has 0 bridgehead atoms. The summed E-state index contributed by atoms with van der Waals surface area (Å²) in [5.41, 5.74) is 6.03. The maximum atomic E-state index is 13.2. The van der Waals surface area contributed by atoms with Crippen LogP contribution in [-0.2, 0) is 13.0 Å². The van der Waals surface area contributed by atoms with Crippen molar-refractivity contribution in [3.05, 3.63) is 67.3 Å². The van der Waals surface area contributed by atoms with Gasteiger partial charge in [0.1, 0.15) is 4.83 Å². The van der Waals surface area contributed by atoms with Gasteiger partial charge in [0.05, 0.1) is 5.39 Å². The van der Waals surface area contributed by atoms with Gasteiger partial charge in [-0.1, -0.05) is 43.7 Å². The molecule has 0 saturated heterocycles. The maximum absolute atomic E-state index is 13.2. The molecule has 0 radical (unpaired) electrons. The number of aromatic nitrogens is 1. The zero-order valence-electron chi connectivity index (χ0n) is 16.1. The molecule has 0 amide bonds. The number of hydrogen-bond donors (Lipinski definition) is 0. The predicted octanol–water partition coefficient (Wildman–Crippen LogP) is 5.54. The average Bonchev–Trinajstić information content (AvgIpc) is 2.85. The van der Waals surface area contributed by atoms with E-state index in [2.05, 4.69) is 70.4 Å². The van der Waals surface area contributed by atoms with Crippen LogP contribution < -0.4 is 5.43 Å². The van der Waals surface area contributed by atoms with Gasteiger partial charge in [-0.15, -0.1) is 11.3 Å².